The molecular formula is C22H27N3O4S. The number of carbonyl (C=O) groups excluding carboxylic acids is 3. The van der Waals surface area contributed by atoms with Gasteiger partial charge in [0.05, 0.1) is 18.0 Å². The standard InChI is InChI=1S/C22H27N3O4S/c1-14-8-9-19(18(12-14)20(27)16-6-4-3-5-7-16)24-21(28)25-22-23-17(13-30-22)10-11-29-15(2)26/h8-9,12-13,16H,3-7,10-11H2,1-2H3,(H2,23,24,25,28). The molecule has 2 aromatic rings. The highest BCUT2D eigenvalue weighted by atomic mass is 32.1. The van der Waals surface area contributed by atoms with E-state index in [4.69, 9.17) is 4.74 Å². The van der Waals surface area contributed by atoms with Crippen molar-refractivity contribution in [3.63, 3.8) is 0 Å². The van der Waals surface area contributed by atoms with Gasteiger partial charge in [-0.05, 0) is 31.9 Å². The summed E-state index contributed by atoms with van der Waals surface area (Å²) in [5.41, 5.74) is 2.80. The lowest BCUT2D eigenvalue weighted by Gasteiger charge is -2.22. The molecule has 1 aliphatic rings. The number of Topliss-reactive ketones (excluding diaryl/α,β-unsaturated/α-hetero) is 1. The SMILES string of the molecule is CC(=O)OCCc1csc(NC(=O)Nc2ccc(C)cc2C(=O)C2CCCCC2)n1. The van der Waals surface area contributed by atoms with Crippen molar-refractivity contribution < 1.29 is 19.1 Å². The second-order valence-corrected chi connectivity index (χ2v) is 8.42. The first-order chi connectivity index (χ1) is 14.4. The Kier molecular flexibility index (Phi) is 7.57. The molecule has 8 heteroatoms. The van der Waals surface area contributed by atoms with Crippen LogP contribution in [0.1, 0.15) is 60.6 Å². The van der Waals surface area contributed by atoms with E-state index in [-0.39, 0.29) is 24.3 Å². The Morgan fingerprint density at radius 3 is 2.67 bits per heavy atom. The van der Waals surface area contributed by atoms with Crippen molar-refractivity contribution in [2.75, 3.05) is 17.2 Å². The van der Waals surface area contributed by atoms with Gasteiger partial charge in [0, 0.05) is 30.2 Å². The number of urea groups is 1. The summed E-state index contributed by atoms with van der Waals surface area (Å²) >= 11 is 1.29. The van der Waals surface area contributed by atoms with E-state index in [1.165, 1.54) is 24.7 Å². The molecule has 0 saturated heterocycles. The lowest BCUT2D eigenvalue weighted by Crippen LogP contribution is -2.23. The molecule has 1 heterocycles. The van der Waals surface area contributed by atoms with Crippen LogP contribution in [0.15, 0.2) is 23.6 Å². The summed E-state index contributed by atoms with van der Waals surface area (Å²) in [4.78, 5) is 40.7. The van der Waals surface area contributed by atoms with Crippen molar-refractivity contribution in [1.29, 1.82) is 0 Å². The van der Waals surface area contributed by atoms with E-state index in [0.717, 1.165) is 36.9 Å². The molecule has 0 radical (unpaired) electrons. The molecule has 3 rings (SSSR count). The minimum atomic E-state index is -0.447. The van der Waals surface area contributed by atoms with Crippen molar-refractivity contribution in [3.05, 3.63) is 40.4 Å². The van der Waals surface area contributed by atoms with Gasteiger partial charge in [0.15, 0.2) is 10.9 Å². The molecule has 1 aromatic carbocycles. The first kappa shape index (κ1) is 22.0. The molecule has 2 N–H and O–H groups in total. The number of hydrogen-bond acceptors (Lipinski definition) is 6. The third-order valence-electron chi connectivity index (χ3n) is 5.10. The second-order valence-electron chi connectivity index (χ2n) is 7.56. The first-order valence-corrected chi connectivity index (χ1v) is 11.1. The highest BCUT2D eigenvalue weighted by molar-refractivity contribution is 7.13. The molecule has 160 valence electrons. The third-order valence-corrected chi connectivity index (χ3v) is 5.91. The Balaban J connectivity index is 1.63. The van der Waals surface area contributed by atoms with Crippen LogP contribution in [-0.2, 0) is 16.0 Å². The molecule has 0 bridgehead atoms. The van der Waals surface area contributed by atoms with Crippen LogP contribution in [-0.4, -0.2) is 29.4 Å². The molecule has 1 aromatic heterocycles. The van der Waals surface area contributed by atoms with E-state index in [1.807, 2.05) is 24.4 Å². The van der Waals surface area contributed by atoms with Gasteiger partial charge in [0.25, 0.3) is 0 Å². The van der Waals surface area contributed by atoms with Crippen molar-refractivity contribution >= 4 is 39.9 Å². The smallest absolute Gasteiger partial charge is 0.325 e. The summed E-state index contributed by atoms with van der Waals surface area (Å²) in [5.74, 6) is -0.196. The molecule has 1 saturated carbocycles. The normalized spacial score (nSPS) is 14.2. The van der Waals surface area contributed by atoms with Crippen molar-refractivity contribution in [2.24, 2.45) is 5.92 Å². The Labute approximate surface area is 180 Å². The van der Waals surface area contributed by atoms with Crippen LogP contribution in [0, 0.1) is 12.8 Å². The van der Waals surface area contributed by atoms with E-state index in [9.17, 15) is 14.4 Å². The maximum Gasteiger partial charge on any atom is 0.325 e. The third kappa shape index (κ3) is 6.13. The number of esters is 1. The van der Waals surface area contributed by atoms with Crippen LogP contribution in [0.2, 0.25) is 0 Å². The molecule has 30 heavy (non-hydrogen) atoms. The van der Waals surface area contributed by atoms with Crippen LogP contribution in [0.4, 0.5) is 15.6 Å². The molecule has 0 unspecified atom stereocenters. The highest BCUT2D eigenvalue weighted by Gasteiger charge is 2.25. The predicted molar refractivity (Wildman–Crippen MR) is 117 cm³/mol. The topological polar surface area (TPSA) is 97.4 Å². The number of thiazole rings is 1. The van der Waals surface area contributed by atoms with E-state index in [1.54, 1.807) is 6.07 Å². The number of ether oxygens (including phenoxy) is 1. The van der Waals surface area contributed by atoms with Gasteiger partial charge in [0.2, 0.25) is 0 Å². The average molecular weight is 430 g/mol. The zero-order chi connectivity index (χ0) is 21.5. The number of anilines is 2. The van der Waals surface area contributed by atoms with Gasteiger partial charge in [-0.15, -0.1) is 11.3 Å². The molecule has 0 atom stereocenters. The molecular weight excluding hydrogens is 402 g/mol. The number of nitrogens with zero attached hydrogens (tertiary/aromatic N) is 1. The number of aromatic nitrogens is 1. The Morgan fingerprint density at radius 1 is 1.17 bits per heavy atom. The van der Waals surface area contributed by atoms with Gasteiger partial charge in [0.1, 0.15) is 0 Å². The monoisotopic (exact) mass is 429 g/mol. The van der Waals surface area contributed by atoms with Crippen molar-refractivity contribution in [2.45, 2.75) is 52.4 Å². The summed E-state index contributed by atoms with van der Waals surface area (Å²) in [7, 11) is 0. The molecule has 0 spiro atoms. The number of hydrogen-bond donors (Lipinski definition) is 2. The quantitative estimate of drug-likeness (QED) is 0.479. The fourth-order valence-electron chi connectivity index (χ4n) is 3.58. The van der Waals surface area contributed by atoms with Crippen molar-refractivity contribution in [3.8, 4) is 0 Å². The summed E-state index contributed by atoms with van der Waals surface area (Å²) in [6.07, 6.45) is 5.64. The Morgan fingerprint density at radius 2 is 1.93 bits per heavy atom. The van der Waals surface area contributed by atoms with E-state index < -0.39 is 6.03 Å². The second kappa shape index (κ2) is 10.3. The average Bonchev–Trinajstić information content (AvgIpc) is 3.16. The molecule has 1 aliphatic carbocycles. The number of ketones is 1. The van der Waals surface area contributed by atoms with E-state index in [2.05, 4.69) is 15.6 Å². The lowest BCUT2D eigenvalue weighted by molar-refractivity contribution is -0.140. The predicted octanol–water partition coefficient (Wildman–Crippen LogP) is 4.96. The highest BCUT2D eigenvalue weighted by Crippen LogP contribution is 2.30. The number of rotatable bonds is 7. The Bertz CT molecular complexity index is 919. The minimum Gasteiger partial charge on any atom is -0.465 e. The zero-order valence-electron chi connectivity index (χ0n) is 17.3. The van der Waals surface area contributed by atoms with Gasteiger partial charge in [-0.25, -0.2) is 9.78 Å². The van der Waals surface area contributed by atoms with Gasteiger partial charge in [-0.1, -0.05) is 30.9 Å². The fourth-order valence-corrected chi connectivity index (χ4v) is 4.32. The van der Waals surface area contributed by atoms with Gasteiger partial charge < -0.3 is 10.1 Å². The van der Waals surface area contributed by atoms with Crippen molar-refractivity contribution in [1.82, 2.24) is 4.98 Å². The van der Waals surface area contributed by atoms with Crippen LogP contribution < -0.4 is 10.6 Å². The van der Waals surface area contributed by atoms with Crippen LogP contribution in [0.5, 0.6) is 0 Å². The summed E-state index contributed by atoms with van der Waals surface area (Å²) < 4.78 is 4.90. The van der Waals surface area contributed by atoms with Crippen LogP contribution in [0.25, 0.3) is 0 Å². The summed E-state index contributed by atoms with van der Waals surface area (Å²) in [6.45, 7) is 3.55. The molecule has 1 fully saturated rings. The summed E-state index contributed by atoms with van der Waals surface area (Å²) in [5, 5.41) is 7.76. The molecule has 7 nitrogen and oxygen atoms in total. The van der Waals surface area contributed by atoms with Gasteiger partial charge in [-0.2, -0.15) is 0 Å². The van der Waals surface area contributed by atoms with Gasteiger partial charge >= 0.3 is 12.0 Å². The lowest BCUT2D eigenvalue weighted by atomic mass is 9.83. The van der Waals surface area contributed by atoms with Gasteiger partial charge in [-0.3, -0.25) is 14.9 Å². The van der Waals surface area contributed by atoms with E-state index >= 15 is 0 Å². The number of benzene rings is 1. The molecule has 2 amide bonds. The number of amides is 2. The van der Waals surface area contributed by atoms with Crippen LogP contribution in [0.3, 0.4) is 0 Å². The minimum absolute atomic E-state index is 0.0305. The number of nitrogens with one attached hydrogen (secondary N) is 2. The first-order valence-electron chi connectivity index (χ1n) is 10.2. The van der Waals surface area contributed by atoms with Crippen LogP contribution >= 0.6 is 11.3 Å². The number of carbonyl (C=O) groups is 3. The fraction of sp³-hybridized carbons (Fsp3) is 0.455. The zero-order valence-corrected chi connectivity index (χ0v) is 18.1. The van der Waals surface area contributed by atoms with E-state index in [0.29, 0.717) is 22.8 Å². The largest absolute Gasteiger partial charge is 0.465 e. The Hall–Kier alpha value is -2.74. The molecule has 0 aliphatic heterocycles. The number of aryl methyl sites for hydroxylation is 1. The maximum absolute atomic E-state index is 13.0. The summed E-state index contributed by atoms with van der Waals surface area (Å²) in [6, 6.07) is 5.06. The maximum atomic E-state index is 13.0.